The van der Waals surface area contributed by atoms with Crippen LogP contribution >= 0.6 is 0 Å². The van der Waals surface area contributed by atoms with Gasteiger partial charge < -0.3 is 15.6 Å². The van der Waals surface area contributed by atoms with Gasteiger partial charge in [-0.05, 0) is 37.0 Å². The number of nitrogens with one attached hydrogen (secondary N) is 3. The lowest BCUT2D eigenvalue weighted by Crippen LogP contribution is -2.35. The van der Waals surface area contributed by atoms with Gasteiger partial charge in [0, 0.05) is 12.6 Å². The van der Waals surface area contributed by atoms with Crippen LogP contribution in [0.5, 0.6) is 0 Å². The number of H-pyrrole nitrogens is 1. The van der Waals surface area contributed by atoms with Crippen LogP contribution in [0.4, 0.5) is 0 Å². The first-order valence-corrected chi connectivity index (χ1v) is 6.73. The number of nitrogens with zero attached hydrogens (tertiary/aromatic N) is 1. The van der Waals surface area contributed by atoms with E-state index in [-0.39, 0.29) is 5.91 Å². The molecular formula is C14H18N4O. The quantitative estimate of drug-likeness (QED) is 0.723. The predicted molar refractivity (Wildman–Crippen MR) is 73.8 cm³/mol. The fourth-order valence-corrected chi connectivity index (χ4v) is 2.07. The Balaban J connectivity index is 1.44. The number of carbonyl (C=O) groups excluding carboxylic acids is 1. The molecule has 1 aromatic carbocycles. The minimum Gasteiger partial charge on any atom is -0.355 e. The van der Waals surface area contributed by atoms with E-state index < -0.39 is 0 Å². The summed E-state index contributed by atoms with van der Waals surface area (Å²) in [6, 6.07) is 6.71. The molecule has 1 saturated carbocycles. The number of carbonyl (C=O) groups is 1. The number of aromatic nitrogens is 2. The average molecular weight is 258 g/mol. The predicted octanol–water partition coefficient (Wildman–Crippen LogP) is 0.974. The Morgan fingerprint density at radius 2 is 2.32 bits per heavy atom. The number of hydrogen-bond donors (Lipinski definition) is 3. The van der Waals surface area contributed by atoms with E-state index >= 15 is 0 Å². The normalized spacial score (nSPS) is 14.7. The summed E-state index contributed by atoms with van der Waals surface area (Å²) in [6.07, 6.45) is 4.94. The highest BCUT2D eigenvalue weighted by Gasteiger charge is 2.20. The van der Waals surface area contributed by atoms with Crippen LogP contribution in [0.1, 0.15) is 18.4 Å². The van der Waals surface area contributed by atoms with Crippen molar-refractivity contribution in [2.75, 3.05) is 13.1 Å². The molecule has 100 valence electrons. The van der Waals surface area contributed by atoms with E-state index in [2.05, 4.69) is 32.7 Å². The molecule has 5 nitrogen and oxygen atoms in total. The van der Waals surface area contributed by atoms with Crippen molar-refractivity contribution in [3.05, 3.63) is 30.1 Å². The summed E-state index contributed by atoms with van der Waals surface area (Å²) in [6.45, 7) is 1.11. The van der Waals surface area contributed by atoms with Crippen LogP contribution in [-0.2, 0) is 11.2 Å². The summed E-state index contributed by atoms with van der Waals surface area (Å²) in [7, 11) is 0. The van der Waals surface area contributed by atoms with Crippen molar-refractivity contribution >= 4 is 16.9 Å². The fourth-order valence-electron chi connectivity index (χ4n) is 2.07. The molecule has 1 fully saturated rings. The van der Waals surface area contributed by atoms with Gasteiger partial charge in [-0.1, -0.05) is 6.07 Å². The smallest absolute Gasteiger partial charge is 0.233 e. The summed E-state index contributed by atoms with van der Waals surface area (Å²) in [4.78, 5) is 18.8. The molecule has 0 radical (unpaired) electrons. The maximum atomic E-state index is 11.5. The van der Waals surface area contributed by atoms with Crippen molar-refractivity contribution in [2.24, 2.45) is 0 Å². The van der Waals surface area contributed by atoms with Crippen molar-refractivity contribution in [3.63, 3.8) is 0 Å². The summed E-state index contributed by atoms with van der Waals surface area (Å²) in [5.41, 5.74) is 3.22. The third-order valence-electron chi connectivity index (χ3n) is 3.35. The standard InChI is InChI=1S/C14H18N4O/c19-14(8-16-11-2-3-11)15-6-5-10-1-4-12-13(7-10)18-9-17-12/h1,4,7,9,11,16H,2-3,5-6,8H2,(H,15,19)(H,17,18). The highest BCUT2D eigenvalue weighted by Crippen LogP contribution is 2.17. The second kappa shape index (κ2) is 5.40. The maximum Gasteiger partial charge on any atom is 0.233 e. The Bertz CT molecular complexity index is 574. The van der Waals surface area contributed by atoms with Gasteiger partial charge in [-0.2, -0.15) is 0 Å². The molecule has 0 saturated heterocycles. The number of amides is 1. The molecule has 1 aromatic heterocycles. The SMILES string of the molecule is O=C(CNC1CC1)NCCc1ccc2nc[nH]c2c1. The monoisotopic (exact) mass is 258 g/mol. The van der Waals surface area contributed by atoms with Crippen LogP contribution in [0.2, 0.25) is 0 Å². The molecule has 1 heterocycles. The Morgan fingerprint density at radius 1 is 1.42 bits per heavy atom. The third-order valence-corrected chi connectivity index (χ3v) is 3.35. The summed E-state index contributed by atoms with van der Waals surface area (Å²) in [5.74, 6) is 0.0783. The van der Waals surface area contributed by atoms with Gasteiger partial charge >= 0.3 is 0 Å². The second-order valence-corrected chi connectivity index (χ2v) is 5.01. The summed E-state index contributed by atoms with van der Waals surface area (Å²) in [5, 5.41) is 6.13. The van der Waals surface area contributed by atoms with E-state index in [0.29, 0.717) is 19.1 Å². The molecule has 19 heavy (non-hydrogen) atoms. The highest BCUT2D eigenvalue weighted by molar-refractivity contribution is 5.78. The molecule has 2 aromatic rings. The first-order chi connectivity index (χ1) is 9.31. The molecule has 0 bridgehead atoms. The van der Waals surface area contributed by atoms with Crippen molar-refractivity contribution in [1.29, 1.82) is 0 Å². The third kappa shape index (κ3) is 3.32. The highest BCUT2D eigenvalue weighted by atomic mass is 16.1. The Labute approximate surface area is 111 Å². The van der Waals surface area contributed by atoms with Gasteiger partial charge in [0.25, 0.3) is 0 Å². The summed E-state index contributed by atoms with van der Waals surface area (Å²) < 4.78 is 0. The van der Waals surface area contributed by atoms with Crippen LogP contribution < -0.4 is 10.6 Å². The van der Waals surface area contributed by atoms with E-state index in [1.807, 2.05) is 6.07 Å². The molecule has 1 aliphatic rings. The van der Waals surface area contributed by atoms with Crippen molar-refractivity contribution in [2.45, 2.75) is 25.3 Å². The van der Waals surface area contributed by atoms with Gasteiger partial charge in [0.05, 0.1) is 23.9 Å². The van der Waals surface area contributed by atoms with Gasteiger partial charge in [-0.3, -0.25) is 4.79 Å². The Morgan fingerprint density at radius 3 is 3.16 bits per heavy atom. The van der Waals surface area contributed by atoms with E-state index in [0.717, 1.165) is 17.5 Å². The maximum absolute atomic E-state index is 11.5. The summed E-state index contributed by atoms with van der Waals surface area (Å²) >= 11 is 0. The Hall–Kier alpha value is -1.88. The molecule has 3 rings (SSSR count). The molecule has 0 aliphatic heterocycles. The molecule has 1 aliphatic carbocycles. The topological polar surface area (TPSA) is 69.8 Å². The first-order valence-electron chi connectivity index (χ1n) is 6.73. The van der Waals surface area contributed by atoms with E-state index in [1.54, 1.807) is 6.33 Å². The minimum atomic E-state index is 0.0783. The van der Waals surface area contributed by atoms with Crippen molar-refractivity contribution in [3.8, 4) is 0 Å². The fraction of sp³-hybridized carbons (Fsp3) is 0.429. The van der Waals surface area contributed by atoms with Crippen LogP contribution in [0.25, 0.3) is 11.0 Å². The molecular weight excluding hydrogens is 240 g/mol. The van der Waals surface area contributed by atoms with Gasteiger partial charge in [-0.25, -0.2) is 4.98 Å². The molecule has 0 spiro atoms. The largest absolute Gasteiger partial charge is 0.355 e. The first kappa shape index (κ1) is 12.2. The van der Waals surface area contributed by atoms with E-state index in [9.17, 15) is 4.79 Å². The van der Waals surface area contributed by atoms with Gasteiger partial charge in [0.1, 0.15) is 0 Å². The van der Waals surface area contributed by atoms with Crippen molar-refractivity contribution < 1.29 is 4.79 Å². The lowest BCUT2D eigenvalue weighted by Gasteiger charge is -2.06. The van der Waals surface area contributed by atoms with Gasteiger partial charge in [0.2, 0.25) is 5.91 Å². The van der Waals surface area contributed by atoms with E-state index in [4.69, 9.17) is 0 Å². The van der Waals surface area contributed by atoms with Gasteiger partial charge in [-0.15, -0.1) is 0 Å². The number of imidazole rings is 1. The lowest BCUT2D eigenvalue weighted by atomic mass is 10.1. The van der Waals surface area contributed by atoms with E-state index in [1.165, 1.54) is 18.4 Å². The zero-order valence-electron chi connectivity index (χ0n) is 10.8. The van der Waals surface area contributed by atoms with Crippen LogP contribution in [0.15, 0.2) is 24.5 Å². The number of benzene rings is 1. The van der Waals surface area contributed by atoms with Gasteiger partial charge in [0.15, 0.2) is 0 Å². The zero-order valence-corrected chi connectivity index (χ0v) is 10.8. The number of rotatable bonds is 6. The van der Waals surface area contributed by atoms with Crippen LogP contribution in [-0.4, -0.2) is 35.0 Å². The molecule has 1 amide bonds. The zero-order chi connectivity index (χ0) is 13.1. The minimum absolute atomic E-state index is 0.0783. The molecule has 0 unspecified atom stereocenters. The van der Waals surface area contributed by atoms with Crippen molar-refractivity contribution in [1.82, 2.24) is 20.6 Å². The van der Waals surface area contributed by atoms with Crippen LogP contribution in [0, 0.1) is 0 Å². The lowest BCUT2D eigenvalue weighted by molar-refractivity contribution is -0.120. The molecule has 0 atom stereocenters. The molecule has 3 N–H and O–H groups in total. The number of fused-ring (bicyclic) bond motifs is 1. The number of aromatic amines is 1. The molecule has 5 heteroatoms. The average Bonchev–Trinajstić information content (AvgIpc) is 3.13. The number of hydrogen-bond acceptors (Lipinski definition) is 3. The second-order valence-electron chi connectivity index (χ2n) is 5.01. The Kier molecular flexibility index (Phi) is 3.46. The van der Waals surface area contributed by atoms with Crippen LogP contribution in [0.3, 0.4) is 0 Å².